The number of benzene rings is 3. The Morgan fingerprint density at radius 2 is 1.71 bits per heavy atom. The zero-order valence-corrected chi connectivity index (χ0v) is 12.7. The first-order valence-electron chi connectivity index (χ1n) is 7.59. The second-order valence-corrected chi connectivity index (χ2v) is 5.62. The van der Waals surface area contributed by atoms with Crippen molar-refractivity contribution in [2.24, 2.45) is 10.2 Å². The topological polar surface area (TPSA) is 67.9 Å². The van der Waals surface area contributed by atoms with Crippen LogP contribution in [0.3, 0.4) is 0 Å². The van der Waals surface area contributed by atoms with E-state index in [0.717, 1.165) is 11.3 Å². The first-order valence-corrected chi connectivity index (χ1v) is 7.59. The fourth-order valence-electron chi connectivity index (χ4n) is 3.03. The van der Waals surface area contributed by atoms with Gasteiger partial charge in [-0.05, 0) is 34.0 Å². The van der Waals surface area contributed by atoms with Gasteiger partial charge in [0.15, 0.2) is 5.69 Å². The normalized spacial score (nSPS) is 13.2. The zero-order chi connectivity index (χ0) is 16.5. The van der Waals surface area contributed by atoms with Gasteiger partial charge in [0.05, 0.1) is 10.6 Å². The van der Waals surface area contributed by atoms with Crippen molar-refractivity contribution in [1.82, 2.24) is 0 Å². The van der Waals surface area contributed by atoms with Gasteiger partial charge in [0.1, 0.15) is 0 Å². The van der Waals surface area contributed by atoms with Crippen LogP contribution in [0.25, 0.3) is 16.8 Å². The first kappa shape index (κ1) is 14.3. The highest BCUT2D eigenvalue weighted by molar-refractivity contribution is 5.95. The van der Waals surface area contributed by atoms with Crippen molar-refractivity contribution in [3.63, 3.8) is 0 Å². The number of allylic oxidation sites excluding steroid dienone is 1. The standard InChI is InChI=1S/C19H13N3O2/c23-22(24)18-10-2-1-9-17(18)21-20-16-11-14-7-3-5-13-6-4-8-15(12-16)19(13)14/h1-11H,12H2/b21-20+. The van der Waals surface area contributed by atoms with Gasteiger partial charge in [-0.3, -0.25) is 10.1 Å². The number of para-hydroxylation sites is 1. The Morgan fingerprint density at radius 3 is 2.54 bits per heavy atom. The first-order chi connectivity index (χ1) is 11.7. The molecule has 0 aliphatic heterocycles. The Morgan fingerprint density at radius 1 is 0.917 bits per heavy atom. The highest BCUT2D eigenvalue weighted by Gasteiger charge is 2.14. The molecule has 0 spiro atoms. The van der Waals surface area contributed by atoms with Crippen LogP contribution < -0.4 is 0 Å². The molecule has 1 aliphatic carbocycles. The summed E-state index contributed by atoms with van der Waals surface area (Å²) in [5.74, 6) is 0. The molecular weight excluding hydrogens is 302 g/mol. The number of nitro groups is 1. The van der Waals surface area contributed by atoms with E-state index in [1.165, 1.54) is 22.4 Å². The summed E-state index contributed by atoms with van der Waals surface area (Å²) in [4.78, 5) is 10.6. The maximum absolute atomic E-state index is 11.1. The Balaban J connectivity index is 1.73. The van der Waals surface area contributed by atoms with Crippen LogP contribution in [0, 0.1) is 10.1 Å². The largest absolute Gasteiger partial charge is 0.296 e. The van der Waals surface area contributed by atoms with Gasteiger partial charge >= 0.3 is 0 Å². The molecular formula is C19H13N3O2. The van der Waals surface area contributed by atoms with Crippen LogP contribution in [0.4, 0.5) is 11.4 Å². The van der Waals surface area contributed by atoms with Gasteiger partial charge < -0.3 is 0 Å². The summed E-state index contributed by atoms with van der Waals surface area (Å²) in [6.45, 7) is 0. The van der Waals surface area contributed by atoms with E-state index in [4.69, 9.17) is 0 Å². The summed E-state index contributed by atoms with van der Waals surface area (Å²) in [7, 11) is 0. The maximum Gasteiger partial charge on any atom is 0.296 e. The quantitative estimate of drug-likeness (QED) is 0.367. The van der Waals surface area contributed by atoms with E-state index < -0.39 is 4.92 Å². The van der Waals surface area contributed by atoms with Crippen molar-refractivity contribution in [2.75, 3.05) is 0 Å². The molecule has 0 radical (unpaired) electrons. The monoisotopic (exact) mass is 315 g/mol. The lowest BCUT2D eigenvalue weighted by molar-refractivity contribution is -0.384. The number of nitro benzene ring substituents is 1. The third-order valence-electron chi connectivity index (χ3n) is 4.08. The molecule has 5 nitrogen and oxygen atoms in total. The van der Waals surface area contributed by atoms with E-state index >= 15 is 0 Å². The van der Waals surface area contributed by atoms with Crippen molar-refractivity contribution in [3.8, 4) is 0 Å². The molecule has 3 aromatic rings. The van der Waals surface area contributed by atoms with E-state index in [2.05, 4.69) is 28.4 Å². The molecule has 0 atom stereocenters. The Labute approximate surface area is 138 Å². The summed E-state index contributed by atoms with van der Waals surface area (Å²) in [6, 6.07) is 18.7. The third-order valence-corrected chi connectivity index (χ3v) is 4.08. The second kappa shape index (κ2) is 5.70. The highest BCUT2D eigenvalue weighted by Crippen LogP contribution is 2.33. The minimum absolute atomic E-state index is 0.0415. The van der Waals surface area contributed by atoms with Crippen molar-refractivity contribution >= 4 is 28.2 Å². The van der Waals surface area contributed by atoms with Gasteiger partial charge in [0, 0.05) is 12.5 Å². The highest BCUT2D eigenvalue weighted by atomic mass is 16.6. The molecule has 24 heavy (non-hydrogen) atoms. The van der Waals surface area contributed by atoms with Crippen LogP contribution in [0.2, 0.25) is 0 Å². The maximum atomic E-state index is 11.1. The van der Waals surface area contributed by atoms with E-state index in [0.29, 0.717) is 6.42 Å². The molecule has 0 N–H and O–H groups in total. The van der Waals surface area contributed by atoms with Crippen LogP contribution in [-0.2, 0) is 6.42 Å². The number of hydrogen-bond acceptors (Lipinski definition) is 4. The molecule has 0 saturated heterocycles. The van der Waals surface area contributed by atoms with Crippen molar-refractivity contribution in [3.05, 3.63) is 87.6 Å². The van der Waals surface area contributed by atoms with Crippen LogP contribution in [0.1, 0.15) is 11.1 Å². The fraction of sp³-hybridized carbons (Fsp3) is 0.0526. The number of rotatable bonds is 3. The third kappa shape index (κ3) is 2.46. The average molecular weight is 315 g/mol. The molecule has 0 aromatic heterocycles. The summed E-state index contributed by atoms with van der Waals surface area (Å²) < 4.78 is 0. The van der Waals surface area contributed by atoms with E-state index in [9.17, 15) is 10.1 Å². The molecule has 0 amide bonds. The molecule has 0 bridgehead atoms. The molecule has 5 heteroatoms. The van der Waals surface area contributed by atoms with Crippen LogP contribution in [-0.4, -0.2) is 4.92 Å². The minimum Gasteiger partial charge on any atom is -0.258 e. The number of azo groups is 1. The number of hydrogen-bond donors (Lipinski definition) is 0. The molecule has 1 aliphatic rings. The van der Waals surface area contributed by atoms with E-state index in [-0.39, 0.29) is 11.4 Å². The predicted molar refractivity (Wildman–Crippen MR) is 93.2 cm³/mol. The zero-order valence-electron chi connectivity index (χ0n) is 12.7. The predicted octanol–water partition coefficient (Wildman–Crippen LogP) is 5.43. The molecule has 0 saturated carbocycles. The van der Waals surface area contributed by atoms with Gasteiger partial charge in [-0.15, -0.1) is 5.11 Å². The smallest absolute Gasteiger partial charge is 0.258 e. The molecule has 0 heterocycles. The van der Waals surface area contributed by atoms with Crippen molar-refractivity contribution in [2.45, 2.75) is 6.42 Å². The lowest BCUT2D eigenvalue weighted by atomic mass is 9.92. The molecule has 4 rings (SSSR count). The SMILES string of the molecule is O=[N+]([O-])c1ccccc1/N=N/C1=Cc2cccc3cccc(c23)C1. The average Bonchev–Trinajstić information content (AvgIpc) is 2.60. The Bertz CT molecular complexity index is 1020. The molecule has 0 fully saturated rings. The van der Waals surface area contributed by atoms with Gasteiger partial charge in [-0.1, -0.05) is 48.5 Å². The lowest BCUT2D eigenvalue weighted by Crippen LogP contribution is -1.97. The van der Waals surface area contributed by atoms with Gasteiger partial charge in [-0.25, -0.2) is 0 Å². The van der Waals surface area contributed by atoms with Gasteiger partial charge in [0.2, 0.25) is 0 Å². The summed E-state index contributed by atoms with van der Waals surface area (Å²) in [5, 5.41) is 21.9. The van der Waals surface area contributed by atoms with Gasteiger partial charge in [0.25, 0.3) is 5.69 Å². The summed E-state index contributed by atoms with van der Waals surface area (Å²) in [6.07, 6.45) is 2.66. The van der Waals surface area contributed by atoms with Crippen molar-refractivity contribution < 1.29 is 4.92 Å². The van der Waals surface area contributed by atoms with Crippen LogP contribution in [0.15, 0.2) is 76.6 Å². The molecule has 3 aromatic carbocycles. The summed E-state index contributed by atoms with van der Waals surface area (Å²) >= 11 is 0. The fourth-order valence-corrected chi connectivity index (χ4v) is 3.03. The van der Waals surface area contributed by atoms with Crippen LogP contribution in [0.5, 0.6) is 0 Å². The van der Waals surface area contributed by atoms with Crippen LogP contribution >= 0.6 is 0 Å². The van der Waals surface area contributed by atoms with E-state index in [1.807, 2.05) is 24.3 Å². The summed E-state index contributed by atoms with van der Waals surface area (Å²) in [5.41, 5.74) is 3.31. The van der Waals surface area contributed by atoms with Crippen molar-refractivity contribution in [1.29, 1.82) is 0 Å². The number of nitrogens with zero attached hydrogens (tertiary/aromatic N) is 3. The van der Waals surface area contributed by atoms with Gasteiger partial charge in [-0.2, -0.15) is 5.11 Å². The molecule has 0 unspecified atom stereocenters. The lowest BCUT2D eigenvalue weighted by Gasteiger charge is -2.14. The molecule has 116 valence electrons. The van der Waals surface area contributed by atoms with E-state index in [1.54, 1.807) is 18.2 Å². The Hall–Kier alpha value is -3.34. The minimum atomic E-state index is -0.445. The second-order valence-electron chi connectivity index (χ2n) is 5.62. The Kier molecular flexibility index (Phi) is 3.39.